The van der Waals surface area contributed by atoms with Crippen molar-refractivity contribution in [2.75, 3.05) is 58.6 Å². The molecular weight excluding hydrogens is 666 g/mol. The van der Waals surface area contributed by atoms with E-state index in [-0.39, 0.29) is 12.1 Å². The van der Waals surface area contributed by atoms with Crippen LogP contribution < -0.4 is 26.2 Å². The van der Waals surface area contributed by atoms with Gasteiger partial charge < -0.3 is 29.0 Å². The lowest BCUT2D eigenvalue weighted by atomic mass is 9.89. The molecular formula is C36H51N11O5. The molecule has 3 fully saturated rings. The number of fused-ring (bicyclic) bond motifs is 2. The zero-order valence-corrected chi connectivity index (χ0v) is 30.1. The first-order valence-electron chi connectivity index (χ1n) is 18.2. The van der Waals surface area contributed by atoms with Gasteiger partial charge in [0.2, 0.25) is 5.95 Å². The maximum atomic E-state index is 9.67. The second kappa shape index (κ2) is 18.4. The van der Waals surface area contributed by atoms with E-state index in [0.29, 0.717) is 86.3 Å². The van der Waals surface area contributed by atoms with Crippen molar-refractivity contribution in [1.29, 1.82) is 10.7 Å². The molecule has 52 heavy (non-hydrogen) atoms. The molecule has 16 nitrogen and oxygen atoms in total. The van der Waals surface area contributed by atoms with E-state index in [9.17, 15) is 5.26 Å². The molecule has 0 radical (unpaired) electrons. The fourth-order valence-electron chi connectivity index (χ4n) is 7.43. The number of nitrogens with two attached hydrogens (primary N) is 1. The third-order valence-corrected chi connectivity index (χ3v) is 10.00. The number of morpholine rings is 1. The van der Waals surface area contributed by atoms with Crippen LogP contribution in [-0.4, -0.2) is 114 Å². The Kier molecular flexibility index (Phi) is 13.2. The first kappa shape index (κ1) is 37.4. The molecule has 3 aliphatic rings. The summed E-state index contributed by atoms with van der Waals surface area (Å²) in [4.78, 5) is 12.0. The fourth-order valence-corrected chi connectivity index (χ4v) is 7.43. The van der Waals surface area contributed by atoms with E-state index in [1.807, 2.05) is 19.2 Å². The summed E-state index contributed by atoms with van der Waals surface area (Å²) in [6.45, 7) is 6.01. The van der Waals surface area contributed by atoms with Crippen molar-refractivity contribution in [3.8, 4) is 28.8 Å². The Morgan fingerprint density at radius 1 is 1.04 bits per heavy atom. The minimum absolute atomic E-state index is 0.281. The summed E-state index contributed by atoms with van der Waals surface area (Å²) in [5.74, 6) is 6.77. The third kappa shape index (κ3) is 9.34. The lowest BCUT2D eigenvalue weighted by Crippen LogP contribution is -2.52. The number of methoxy groups -OCH3 is 1. The zero-order valence-electron chi connectivity index (χ0n) is 30.1. The largest absolute Gasteiger partial charge is 0.487 e. The quantitative estimate of drug-likeness (QED) is 0.0460. The molecule has 280 valence electrons. The molecule has 6 rings (SSSR count). The van der Waals surface area contributed by atoms with Crippen LogP contribution in [0.15, 0.2) is 36.8 Å². The van der Waals surface area contributed by atoms with Gasteiger partial charge in [-0.15, -0.1) is 5.10 Å². The molecule has 1 aromatic carbocycles. The van der Waals surface area contributed by atoms with Crippen LogP contribution in [0.1, 0.15) is 63.5 Å². The number of rotatable bonds is 19. The van der Waals surface area contributed by atoms with Crippen molar-refractivity contribution in [2.45, 2.75) is 82.1 Å². The van der Waals surface area contributed by atoms with E-state index in [1.54, 1.807) is 31.6 Å². The topological polar surface area (TPSA) is 194 Å². The van der Waals surface area contributed by atoms with Crippen LogP contribution in [0.5, 0.6) is 11.6 Å². The van der Waals surface area contributed by atoms with Crippen LogP contribution in [0.2, 0.25) is 0 Å². The van der Waals surface area contributed by atoms with Gasteiger partial charge in [0.25, 0.3) is 5.88 Å². The predicted molar refractivity (Wildman–Crippen MR) is 194 cm³/mol. The van der Waals surface area contributed by atoms with Gasteiger partial charge in [0, 0.05) is 56.2 Å². The summed E-state index contributed by atoms with van der Waals surface area (Å²) in [6, 6.07) is 9.55. The minimum atomic E-state index is -0.363. The Morgan fingerprint density at radius 2 is 1.77 bits per heavy atom. The van der Waals surface area contributed by atoms with E-state index in [1.165, 1.54) is 17.9 Å². The second-order valence-electron chi connectivity index (χ2n) is 13.5. The third-order valence-electron chi connectivity index (χ3n) is 10.00. The zero-order chi connectivity index (χ0) is 36.3. The Bertz CT molecular complexity index is 1610. The molecule has 4 heterocycles. The van der Waals surface area contributed by atoms with Gasteiger partial charge in [-0.25, -0.2) is 9.97 Å². The van der Waals surface area contributed by atoms with Crippen LogP contribution in [0, 0.1) is 16.7 Å². The number of hydrogen-bond acceptors (Lipinski definition) is 14. The lowest BCUT2D eigenvalue weighted by molar-refractivity contribution is -0.0458. The fraction of sp³-hybridized carbons (Fsp3) is 0.583. The first-order chi connectivity index (χ1) is 25.5. The number of aromatic nitrogens is 4. The highest BCUT2D eigenvalue weighted by molar-refractivity contribution is 5.67. The van der Waals surface area contributed by atoms with E-state index >= 15 is 0 Å². The molecule has 2 aromatic heterocycles. The number of benzene rings is 1. The average Bonchev–Trinajstić information content (AvgIpc) is 3.69. The molecule has 0 unspecified atom stereocenters. The Balaban J connectivity index is 1.12. The second-order valence-corrected chi connectivity index (χ2v) is 13.5. The summed E-state index contributed by atoms with van der Waals surface area (Å²) >= 11 is 0. The number of nitrogens with one attached hydrogen (secondary N) is 3. The van der Waals surface area contributed by atoms with Crippen molar-refractivity contribution >= 4 is 18.0 Å². The van der Waals surface area contributed by atoms with E-state index < -0.39 is 0 Å². The molecule has 3 atom stereocenters. The van der Waals surface area contributed by atoms with Crippen molar-refractivity contribution in [3.05, 3.63) is 42.4 Å². The highest BCUT2D eigenvalue weighted by Gasteiger charge is 2.42. The monoisotopic (exact) mass is 717 g/mol. The molecule has 0 spiro atoms. The Labute approximate surface area is 305 Å². The minimum Gasteiger partial charge on any atom is -0.487 e. The standard InChI is InChI=1S/C36H51N11O5/c1-25(20-45(24-38)44-39)52-34-16-26(4-5-27(34)17-37)28-18-40-36(41-19-28)42-33-21-46(43-35(33)51-13-3-12-49-15-14-48-2)29-6-8-30(9-7-29)47-31-10-11-32(47)23-50-22-31/h4-5,16,18-19,21,24-25,29-32,38,44H,3,6-15,20,22-23,39H2,1-2H3,(H,40,41,42)/t25-,29-,30-,31-,32+/m0/s1. The summed E-state index contributed by atoms with van der Waals surface area (Å²) in [5, 5.41) is 26.7. The number of hydrazine groups is 2. The smallest absolute Gasteiger partial charge is 0.256 e. The van der Waals surface area contributed by atoms with Gasteiger partial charge in [-0.3, -0.25) is 25.8 Å². The molecule has 2 aliphatic heterocycles. The van der Waals surface area contributed by atoms with Crippen LogP contribution in [0.3, 0.4) is 0 Å². The van der Waals surface area contributed by atoms with Crippen molar-refractivity contribution in [2.24, 2.45) is 5.84 Å². The molecule has 16 heteroatoms. The van der Waals surface area contributed by atoms with Gasteiger partial charge in [0.05, 0.1) is 63.7 Å². The van der Waals surface area contributed by atoms with E-state index in [0.717, 1.165) is 56.4 Å². The highest BCUT2D eigenvalue weighted by atomic mass is 16.5. The number of nitriles is 1. The van der Waals surface area contributed by atoms with Gasteiger partial charge in [-0.1, -0.05) is 6.07 Å². The summed E-state index contributed by atoms with van der Waals surface area (Å²) in [7, 11) is 1.66. The molecule has 1 aliphatic carbocycles. The number of nitrogens with zero attached hydrogens (tertiary/aromatic N) is 7. The number of hydrogen-bond donors (Lipinski definition) is 4. The summed E-state index contributed by atoms with van der Waals surface area (Å²) in [5.41, 5.74) is 5.05. The van der Waals surface area contributed by atoms with Crippen molar-refractivity contribution < 1.29 is 23.7 Å². The number of ether oxygens (including phenoxy) is 5. The van der Waals surface area contributed by atoms with E-state index in [2.05, 4.69) is 36.5 Å². The molecule has 0 amide bonds. The average molecular weight is 718 g/mol. The lowest BCUT2D eigenvalue weighted by Gasteiger charge is -2.43. The van der Waals surface area contributed by atoms with Crippen LogP contribution in [0.25, 0.3) is 11.1 Å². The van der Waals surface area contributed by atoms with Gasteiger partial charge in [-0.2, -0.15) is 10.8 Å². The van der Waals surface area contributed by atoms with Crippen LogP contribution >= 0.6 is 0 Å². The van der Waals surface area contributed by atoms with Crippen molar-refractivity contribution in [3.63, 3.8) is 0 Å². The first-order valence-corrected chi connectivity index (χ1v) is 18.2. The molecule has 1 saturated carbocycles. The highest BCUT2D eigenvalue weighted by Crippen LogP contribution is 2.39. The van der Waals surface area contributed by atoms with E-state index in [4.69, 9.17) is 40.0 Å². The normalized spacial score (nSPS) is 22.0. The summed E-state index contributed by atoms with van der Waals surface area (Å²) in [6.07, 6.45) is 13.8. The number of anilines is 2. The van der Waals surface area contributed by atoms with Gasteiger partial charge >= 0.3 is 0 Å². The maximum absolute atomic E-state index is 9.67. The molecule has 2 saturated heterocycles. The van der Waals surface area contributed by atoms with Gasteiger partial charge in [0.15, 0.2) is 0 Å². The summed E-state index contributed by atoms with van der Waals surface area (Å²) < 4.78 is 30.8. The van der Waals surface area contributed by atoms with Gasteiger partial charge in [0.1, 0.15) is 23.6 Å². The molecule has 2 bridgehead atoms. The molecule has 3 aromatic rings. The van der Waals surface area contributed by atoms with Crippen LogP contribution in [-0.2, 0) is 14.2 Å². The predicted octanol–water partition coefficient (Wildman–Crippen LogP) is 3.79. The Morgan fingerprint density at radius 3 is 2.46 bits per heavy atom. The van der Waals surface area contributed by atoms with Gasteiger partial charge in [-0.05, 0) is 63.1 Å². The maximum Gasteiger partial charge on any atom is 0.256 e. The van der Waals surface area contributed by atoms with Crippen LogP contribution in [0.4, 0.5) is 11.6 Å². The SMILES string of the molecule is COCCOCCCOc1nn([C@H]2CC[C@H](N3[C@@H]4CC[C@H]3COC4)CC2)cc1Nc1ncc(-c2ccc(C#N)c(O[C@@H](C)CN(C=N)NN)c2)cn1. The van der Waals surface area contributed by atoms with Crippen molar-refractivity contribution in [1.82, 2.24) is 35.2 Å². The molecule has 5 N–H and O–H groups in total. The Hall–Kier alpha value is -4.37.